The Morgan fingerprint density at radius 1 is 1.35 bits per heavy atom. The monoisotopic (exact) mass is 299 g/mol. The molecular weight excluding hydrogens is 280 g/mol. The van der Waals surface area contributed by atoms with Crippen molar-refractivity contribution in [3.05, 3.63) is 60.1 Å². The summed E-state index contributed by atoms with van der Waals surface area (Å²) in [5, 5.41) is 9.61. The summed E-state index contributed by atoms with van der Waals surface area (Å²) in [6.45, 7) is 11.5. The first-order chi connectivity index (χ1) is 9.31. The van der Waals surface area contributed by atoms with Gasteiger partial charge < -0.3 is 5.11 Å². The van der Waals surface area contributed by atoms with Gasteiger partial charge in [0, 0.05) is 23.1 Å². The molecule has 0 aliphatic heterocycles. The van der Waals surface area contributed by atoms with E-state index in [0.29, 0.717) is 10.7 Å². The lowest BCUT2D eigenvalue weighted by Gasteiger charge is -2.06. The highest BCUT2D eigenvalue weighted by Gasteiger charge is 2.10. The number of aliphatic hydroxyl groups excluding tert-OH is 1. The third kappa shape index (κ3) is 7.09. The third-order valence-electron chi connectivity index (χ3n) is 2.14. The van der Waals surface area contributed by atoms with Gasteiger partial charge in [0.15, 0.2) is 0 Å². The first-order valence-corrected chi connectivity index (χ1v) is 6.87. The van der Waals surface area contributed by atoms with E-state index in [1.165, 1.54) is 30.8 Å². The van der Waals surface area contributed by atoms with Crippen LogP contribution in [0, 0.1) is 0 Å². The van der Waals surface area contributed by atoms with Crippen LogP contribution in [0.4, 0.5) is 8.78 Å². The summed E-state index contributed by atoms with van der Waals surface area (Å²) < 4.78 is 27.0. The van der Waals surface area contributed by atoms with Gasteiger partial charge in [-0.1, -0.05) is 19.2 Å². The number of thioether (sulfide) groups is 1. The second-order valence-corrected chi connectivity index (χ2v) is 5.03. The molecule has 0 aliphatic carbocycles. The fourth-order valence-electron chi connectivity index (χ4n) is 1.28. The summed E-state index contributed by atoms with van der Waals surface area (Å²) in [5.74, 6) is -1.28. The average Bonchev–Trinajstić information content (AvgIpc) is 2.36. The smallest absolute Gasteiger partial charge is 0.129 e. The van der Waals surface area contributed by atoms with E-state index in [-0.39, 0.29) is 17.1 Å². The Kier molecular flexibility index (Phi) is 8.56. The fraction of sp³-hybridized carbons (Fsp3) is 0.267. The van der Waals surface area contributed by atoms with Gasteiger partial charge in [-0.05, 0) is 26.8 Å². The number of aliphatic hydroxyl groups is 1. The minimum Gasteiger partial charge on any atom is -0.509 e. The molecule has 0 radical (unpaired) electrons. The van der Waals surface area contributed by atoms with Gasteiger partial charge in [0.25, 0.3) is 0 Å². The molecule has 0 aromatic carbocycles. The Balaban J connectivity index is 4.95. The topological polar surface area (TPSA) is 32.6 Å². The Bertz CT molecular complexity index is 502. The average molecular weight is 299 g/mol. The van der Waals surface area contributed by atoms with Crippen molar-refractivity contribution in [2.24, 2.45) is 4.99 Å². The molecule has 0 atom stereocenters. The molecular formula is C15H19F2NOS. The molecule has 0 amide bonds. The zero-order chi connectivity index (χ0) is 15.7. The largest absolute Gasteiger partial charge is 0.509 e. The summed E-state index contributed by atoms with van der Waals surface area (Å²) in [7, 11) is 0. The Morgan fingerprint density at radius 2 is 1.95 bits per heavy atom. The summed E-state index contributed by atoms with van der Waals surface area (Å²) in [4.78, 5) is 4.17. The SMILES string of the molecule is C=C/C(F)=C(CSC(C)=N/C(C)=C\C(=C)O)\C(F)=C/C. The van der Waals surface area contributed by atoms with Gasteiger partial charge in [0.05, 0.1) is 5.04 Å². The van der Waals surface area contributed by atoms with Crippen molar-refractivity contribution in [3.63, 3.8) is 0 Å². The molecule has 0 rings (SSSR count). The number of hydrogen-bond donors (Lipinski definition) is 1. The maximum absolute atomic E-state index is 13.5. The third-order valence-corrected chi connectivity index (χ3v) is 3.09. The molecule has 20 heavy (non-hydrogen) atoms. The Morgan fingerprint density at radius 3 is 2.40 bits per heavy atom. The number of allylic oxidation sites excluding steroid dienone is 6. The lowest BCUT2D eigenvalue weighted by Crippen LogP contribution is -1.96. The van der Waals surface area contributed by atoms with Gasteiger partial charge in [-0.15, -0.1) is 11.8 Å². The van der Waals surface area contributed by atoms with Gasteiger partial charge in [0.2, 0.25) is 0 Å². The summed E-state index contributed by atoms with van der Waals surface area (Å²) in [6.07, 6.45) is 3.58. The van der Waals surface area contributed by atoms with Crippen LogP contribution in [-0.4, -0.2) is 15.9 Å². The second-order valence-electron chi connectivity index (χ2n) is 3.86. The quantitative estimate of drug-likeness (QED) is 0.308. The van der Waals surface area contributed by atoms with E-state index in [1.807, 2.05) is 0 Å². The molecule has 5 heteroatoms. The minimum absolute atomic E-state index is 0.0461. The van der Waals surface area contributed by atoms with Crippen molar-refractivity contribution in [2.75, 3.05) is 5.75 Å². The molecule has 0 saturated heterocycles. The molecule has 0 spiro atoms. The second kappa shape index (κ2) is 9.31. The first-order valence-electron chi connectivity index (χ1n) is 5.89. The molecule has 0 aliphatic rings. The van der Waals surface area contributed by atoms with E-state index in [1.54, 1.807) is 13.8 Å². The van der Waals surface area contributed by atoms with Crippen molar-refractivity contribution in [3.8, 4) is 0 Å². The van der Waals surface area contributed by atoms with Gasteiger partial charge in [-0.3, -0.25) is 4.99 Å². The van der Waals surface area contributed by atoms with Crippen LogP contribution in [0.15, 0.2) is 65.1 Å². The number of aliphatic imine (C=N–C) groups is 1. The minimum atomic E-state index is -0.683. The van der Waals surface area contributed by atoms with Crippen LogP contribution in [0.2, 0.25) is 0 Å². The first kappa shape index (κ1) is 18.4. The van der Waals surface area contributed by atoms with Crippen LogP contribution in [0.25, 0.3) is 0 Å². The molecule has 1 N–H and O–H groups in total. The maximum atomic E-state index is 13.5. The summed E-state index contributed by atoms with van der Waals surface area (Å²) in [5.41, 5.74) is 0.513. The van der Waals surface area contributed by atoms with Crippen LogP contribution < -0.4 is 0 Å². The number of nitrogens with zero attached hydrogens (tertiary/aromatic N) is 1. The number of hydrogen-bond acceptors (Lipinski definition) is 3. The normalized spacial score (nSPS) is 14.9. The lowest BCUT2D eigenvalue weighted by molar-refractivity contribution is 0.434. The molecule has 0 aromatic rings. The molecule has 0 heterocycles. The lowest BCUT2D eigenvalue weighted by atomic mass is 10.2. The van der Waals surface area contributed by atoms with E-state index in [4.69, 9.17) is 5.11 Å². The highest BCUT2D eigenvalue weighted by atomic mass is 32.2. The standard InChI is InChI=1S/C15H19F2NOS/c1-6-14(16)13(15(17)7-2)9-20-12(5)18-10(3)8-11(4)19/h6-8,19H,1,4,9H2,2-3,5H3/b10-8-,14-13+,15-7+,18-12?. The highest BCUT2D eigenvalue weighted by molar-refractivity contribution is 8.14. The van der Waals surface area contributed by atoms with Gasteiger partial charge >= 0.3 is 0 Å². The molecule has 0 saturated carbocycles. The van der Waals surface area contributed by atoms with Crippen molar-refractivity contribution >= 4 is 16.8 Å². The zero-order valence-electron chi connectivity index (χ0n) is 11.9. The van der Waals surface area contributed by atoms with E-state index in [2.05, 4.69) is 18.2 Å². The van der Waals surface area contributed by atoms with E-state index >= 15 is 0 Å². The fourth-order valence-corrected chi connectivity index (χ4v) is 2.12. The maximum Gasteiger partial charge on any atom is 0.129 e. The number of rotatable bonds is 6. The number of halogens is 2. The van der Waals surface area contributed by atoms with E-state index in [0.717, 1.165) is 6.08 Å². The van der Waals surface area contributed by atoms with Gasteiger partial charge in [0.1, 0.15) is 17.4 Å². The predicted octanol–water partition coefficient (Wildman–Crippen LogP) is 5.40. The van der Waals surface area contributed by atoms with Gasteiger partial charge in [-0.2, -0.15) is 0 Å². The van der Waals surface area contributed by atoms with Crippen molar-refractivity contribution < 1.29 is 13.9 Å². The summed E-state index contributed by atoms with van der Waals surface area (Å²) in [6, 6.07) is 0. The highest BCUT2D eigenvalue weighted by Crippen LogP contribution is 2.23. The Labute approximate surface area is 123 Å². The van der Waals surface area contributed by atoms with Crippen molar-refractivity contribution in [1.82, 2.24) is 0 Å². The van der Waals surface area contributed by atoms with Crippen LogP contribution in [-0.2, 0) is 0 Å². The van der Waals surface area contributed by atoms with Crippen molar-refractivity contribution in [2.45, 2.75) is 20.8 Å². The van der Waals surface area contributed by atoms with E-state index in [9.17, 15) is 8.78 Å². The van der Waals surface area contributed by atoms with E-state index < -0.39 is 11.7 Å². The molecule has 0 bridgehead atoms. The van der Waals surface area contributed by atoms with Crippen LogP contribution in [0.1, 0.15) is 20.8 Å². The predicted molar refractivity (Wildman–Crippen MR) is 84.3 cm³/mol. The van der Waals surface area contributed by atoms with Crippen LogP contribution in [0.3, 0.4) is 0 Å². The molecule has 0 aromatic heterocycles. The Hall–Kier alpha value is -1.62. The summed E-state index contributed by atoms with van der Waals surface area (Å²) >= 11 is 1.20. The zero-order valence-corrected chi connectivity index (χ0v) is 12.7. The van der Waals surface area contributed by atoms with Gasteiger partial charge in [-0.25, -0.2) is 8.78 Å². The molecule has 110 valence electrons. The van der Waals surface area contributed by atoms with Crippen molar-refractivity contribution in [1.29, 1.82) is 0 Å². The van der Waals surface area contributed by atoms with Crippen LogP contribution >= 0.6 is 11.8 Å². The molecule has 0 fully saturated rings. The van der Waals surface area contributed by atoms with Crippen LogP contribution in [0.5, 0.6) is 0 Å². The molecule has 0 unspecified atom stereocenters. The molecule has 2 nitrogen and oxygen atoms in total.